The highest BCUT2D eigenvalue weighted by Crippen LogP contribution is 2.67. The lowest BCUT2D eigenvalue weighted by Gasteiger charge is -2.62. The predicted molar refractivity (Wildman–Crippen MR) is 120 cm³/mol. The van der Waals surface area contributed by atoms with E-state index < -0.39 is 11.4 Å². The van der Waals surface area contributed by atoms with Gasteiger partial charge in [-0.3, -0.25) is 0 Å². The smallest absolute Gasteiger partial charge is 0.171 e. The van der Waals surface area contributed by atoms with E-state index in [1.807, 2.05) is 0 Å². The fraction of sp³-hybridized carbons (Fsp3) is 0.778. The van der Waals surface area contributed by atoms with Gasteiger partial charge in [0.1, 0.15) is 5.75 Å². The van der Waals surface area contributed by atoms with E-state index in [4.69, 9.17) is 14.2 Å². The van der Waals surface area contributed by atoms with E-state index in [2.05, 4.69) is 31.2 Å². The molecule has 5 nitrogen and oxygen atoms in total. The van der Waals surface area contributed by atoms with Crippen molar-refractivity contribution >= 4 is 0 Å². The summed E-state index contributed by atoms with van der Waals surface area (Å²) in [6, 6.07) is 8.56. The van der Waals surface area contributed by atoms with Crippen LogP contribution in [-0.2, 0) is 9.47 Å². The monoisotopic (exact) mass is 442 g/mol. The van der Waals surface area contributed by atoms with E-state index >= 15 is 0 Å². The van der Waals surface area contributed by atoms with Crippen LogP contribution in [0.25, 0.3) is 0 Å². The molecule has 5 fully saturated rings. The molecule has 5 aliphatic rings. The number of fused-ring (bicyclic) bond motifs is 5. The molecule has 6 rings (SSSR count). The van der Waals surface area contributed by atoms with Crippen molar-refractivity contribution in [2.24, 2.45) is 29.1 Å². The Kier molecular flexibility index (Phi) is 4.97. The Morgan fingerprint density at radius 3 is 2.44 bits per heavy atom. The topological polar surface area (TPSA) is 68.2 Å². The third kappa shape index (κ3) is 3.04. The Morgan fingerprint density at radius 2 is 1.72 bits per heavy atom. The Balaban J connectivity index is 1.39. The van der Waals surface area contributed by atoms with E-state index in [-0.39, 0.29) is 17.4 Å². The molecule has 4 saturated carbocycles. The average Bonchev–Trinajstić information content (AvgIpc) is 3.36. The number of benzene rings is 1. The Morgan fingerprint density at radius 1 is 0.969 bits per heavy atom. The zero-order valence-electron chi connectivity index (χ0n) is 19.5. The normalized spacial score (nSPS) is 47.0. The summed E-state index contributed by atoms with van der Waals surface area (Å²) in [4.78, 5) is 0. The first-order valence-corrected chi connectivity index (χ1v) is 12.7. The van der Waals surface area contributed by atoms with Gasteiger partial charge in [-0.25, -0.2) is 0 Å². The number of hydrogen-bond acceptors (Lipinski definition) is 5. The number of rotatable bonds is 2. The molecule has 1 spiro atoms. The van der Waals surface area contributed by atoms with Gasteiger partial charge in [-0.15, -0.1) is 0 Å². The van der Waals surface area contributed by atoms with Gasteiger partial charge in [-0.05, 0) is 91.2 Å². The maximum atomic E-state index is 12.0. The Hall–Kier alpha value is -1.14. The number of aliphatic hydroxyl groups excluding tert-OH is 1. The van der Waals surface area contributed by atoms with Gasteiger partial charge in [0.25, 0.3) is 0 Å². The van der Waals surface area contributed by atoms with Crippen LogP contribution in [-0.4, -0.2) is 48.0 Å². The van der Waals surface area contributed by atoms with Crippen molar-refractivity contribution < 1.29 is 24.4 Å². The third-order valence-electron chi connectivity index (χ3n) is 10.3. The molecule has 1 aliphatic heterocycles. The van der Waals surface area contributed by atoms with Crippen LogP contribution in [0.15, 0.2) is 24.3 Å². The maximum Gasteiger partial charge on any atom is 0.171 e. The fourth-order valence-electron chi connectivity index (χ4n) is 8.89. The van der Waals surface area contributed by atoms with Crippen molar-refractivity contribution in [1.29, 1.82) is 0 Å². The number of aliphatic hydroxyl groups is 2. The minimum Gasteiger partial charge on any atom is -0.497 e. The standard InChI is InChI=1S/C27H38O5/c1-25-15-20(17-3-5-18(30-2)6-4-17)24-19(21(25)7-8-23(25)28)9-11-26(29)16-27(12-10-22(24)26)31-13-14-32-27/h3-6,19-24,28-29H,7-16H2,1-2H3/t19-,20+,21-,22+,23-,24+,25-,26+/m0/s1. The first-order chi connectivity index (χ1) is 15.4. The summed E-state index contributed by atoms with van der Waals surface area (Å²) >= 11 is 0. The van der Waals surface area contributed by atoms with Gasteiger partial charge in [-0.2, -0.15) is 0 Å². The highest BCUT2D eigenvalue weighted by molar-refractivity contribution is 5.32. The van der Waals surface area contributed by atoms with Crippen LogP contribution in [0.5, 0.6) is 5.75 Å². The molecule has 2 N–H and O–H groups in total. The summed E-state index contributed by atoms with van der Waals surface area (Å²) in [5.74, 6) is 2.45. The van der Waals surface area contributed by atoms with Crippen molar-refractivity contribution in [3.8, 4) is 5.75 Å². The second kappa shape index (κ2) is 7.43. The minimum absolute atomic E-state index is 0.0330. The Labute approximate surface area is 191 Å². The fourth-order valence-corrected chi connectivity index (χ4v) is 8.89. The highest BCUT2D eigenvalue weighted by atomic mass is 16.7. The van der Waals surface area contributed by atoms with Gasteiger partial charge in [0.15, 0.2) is 5.79 Å². The van der Waals surface area contributed by atoms with Crippen molar-refractivity contribution in [3.63, 3.8) is 0 Å². The van der Waals surface area contributed by atoms with Crippen molar-refractivity contribution in [3.05, 3.63) is 29.8 Å². The van der Waals surface area contributed by atoms with Gasteiger partial charge < -0.3 is 24.4 Å². The molecule has 1 heterocycles. The number of methoxy groups -OCH3 is 1. The van der Waals surface area contributed by atoms with Crippen LogP contribution in [0.3, 0.4) is 0 Å². The van der Waals surface area contributed by atoms with E-state index in [0.29, 0.717) is 43.3 Å². The zero-order chi connectivity index (χ0) is 22.1. The van der Waals surface area contributed by atoms with Crippen LogP contribution < -0.4 is 4.74 Å². The molecule has 1 saturated heterocycles. The molecular weight excluding hydrogens is 404 g/mol. The van der Waals surface area contributed by atoms with Gasteiger partial charge >= 0.3 is 0 Å². The molecule has 176 valence electrons. The molecule has 4 aliphatic carbocycles. The maximum absolute atomic E-state index is 12.0. The molecular formula is C27H38O5. The van der Waals surface area contributed by atoms with E-state index in [9.17, 15) is 10.2 Å². The van der Waals surface area contributed by atoms with Crippen LogP contribution in [0, 0.1) is 29.1 Å². The summed E-state index contributed by atoms with van der Waals surface area (Å²) in [5.41, 5.74) is 0.575. The van der Waals surface area contributed by atoms with E-state index in [1.54, 1.807) is 7.11 Å². The molecule has 0 radical (unpaired) electrons. The van der Waals surface area contributed by atoms with Crippen LogP contribution >= 0.6 is 0 Å². The quantitative estimate of drug-likeness (QED) is 0.716. The molecule has 8 atom stereocenters. The summed E-state index contributed by atoms with van der Waals surface area (Å²) in [6.45, 7) is 3.61. The SMILES string of the molecule is COc1ccc([C@H]2C[C@]3(C)[C@@H](O)CC[C@H]3[C@@H]3CC[C@@]4(O)CC5(CC[C@@H]4[C@H]32)OCCO5)cc1. The average molecular weight is 443 g/mol. The second-order valence-corrected chi connectivity index (χ2v) is 11.6. The molecule has 1 aromatic carbocycles. The molecule has 0 bridgehead atoms. The molecule has 5 heteroatoms. The summed E-state index contributed by atoms with van der Waals surface area (Å²) in [6.07, 6.45) is 7.11. The lowest BCUT2D eigenvalue weighted by Crippen LogP contribution is -2.61. The lowest BCUT2D eigenvalue weighted by molar-refractivity contribution is -0.258. The van der Waals surface area contributed by atoms with Crippen LogP contribution in [0.1, 0.15) is 69.8 Å². The minimum atomic E-state index is -0.723. The zero-order valence-corrected chi connectivity index (χ0v) is 19.5. The van der Waals surface area contributed by atoms with Gasteiger partial charge in [0.2, 0.25) is 0 Å². The molecule has 0 aromatic heterocycles. The lowest BCUT2D eigenvalue weighted by atomic mass is 9.45. The molecule has 0 unspecified atom stereocenters. The summed E-state index contributed by atoms with van der Waals surface area (Å²) in [5, 5.41) is 23.1. The summed E-state index contributed by atoms with van der Waals surface area (Å²) < 4.78 is 17.5. The van der Waals surface area contributed by atoms with Gasteiger partial charge in [0.05, 0.1) is 32.0 Å². The first-order valence-electron chi connectivity index (χ1n) is 12.7. The molecule has 32 heavy (non-hydrogen) atoms. The van der Waals surface area contributed by atoms with Gasteiger partial charge in [-0.1, -0.05) is 19.1 Å². The van der Waals surface area contributed by atoms with Gasteiger partial charge in [0, 0.05) is 12.8 Å². The highest BCUT2D eigenvalue weighted by Gasteiger charge is 2.64. The van der Waals surface area contributed by atoms with Crippen molar-refractivity contribution in [1.82, 2.24) is 0 Å². The van der Waals surface area contributed by atoms with E-state index in [1.165, 1.54) is 5.56 Å². The largest absolute Gasteiger partial charge is 0.497 e. The third-order valence-corrected chi connectivity index (χ3v) is 10.3. The predicted octanol–water partition coefficient (Wildman–Crippen LogP) is 4.26. The van der Waals surface area contributed by atoms with Crippen molar-refractivity contribution in [2.45, 2.75) is 81.7 Å². The van der Waals surface area contributed by atoms with E-state index in [0.717, 1.165) is 50.7 Å². The summed E-state index contributed by atoms with van der Waals surface area (Å²) in [7, 11) is 1.71. The van der Waals surface area contributed by atoms with Crippen molar-refractivity contribution in [2.75, 3.05) is 20.3 Å². The van der Waals surface area contributed by atoms with Crippen LogP contribution in [0.2, 0.25) is 0 Å². The second-order valence-electron chi connectivity index (χ2n) is 11.6. The molecule has 1 aromatic rings. The van der Waals surface area contributed by atoms with Crippen LogP contribution in [0.4, 0.5) is 0 Å². The Bertz CT molecular complexity index is 848. The molecule has 0 amide bonds. The first kappa shape index (κ1) is 21.4. The number of ether oxygens (including phenoxy) is 3. The number of hydrogen-bond donors (Lipinski definition) is 2.